The maximum absolute atomic E-state index is 15.3. The highest BCUT2D eigenvalue weighted by Gasteiger charge is 2.57. The second-order valence-corrected chi connectivity index (χ2v) is 9.34. The molecule has 15 heteroatoms. The molecule has 0 spiro atoms. The number of aliphatic carboxylic acids is 2. The van der Waals surface area contributed by atoms with Crippen LogP contribution in [0.1, 0.15) is 29.3 Å². The molecule has 1 aromatic carbocycles. The second-order valence-electron chi connectivity index (χ2n) is 9.00. The van der Waals surface area contributed by atoms with Crippen molar-refractivity contribution >= 4 is 46.4 Å². The first-order chi connectivity index (χ1) is 17.7. The minimum Gasteiger partial charge on any atom is -0.479 e. The zero-order valence-electron chi connectivity index (χ0n) is 19.7. The SMILES string of the molecule is C[C@]1(n2ccc3c(N)nc(Cl)nc32)C[C@@](O)(F)[C@@H](COC(Cc2ccc(C(=O)O)cc2)(C(=O)O)C(=O)O)O1. The lowest BCUT2D eigenvalue weighted by molar-refractivity contribution is -0.206. The Kier molecular flexibility index (Phi) is 6.78. The van der Waals surface area contributed by atoms with Gasteiger partial charge in [-0.1, -0.05) is 12.1 Å². The first kappa shape index (κ1) is 27.2. The number of aliphatic hydroxyl groups is 1. The fourth-order valence-corrected chi connectivity index (χ4v) is 4.57. The Hall–Kier alpha value is -3.85. The molecular weight excluding hydrogens is 531 g/mol. The number of nitrogens with zero attached hydrogens (tertiary/aromatic N) is 3. The average Bonchev–Trinajstić information content (AvgIpc) is 3.35. The summed E-state index contributed by atoms with van der Waals surface area (Å²) in [5.41, 5.74) is 1.57. The first-order valence-corrected chi connectivity index (χ1v) is 11.4. The third-order valence-electron chi connectivity index (χ3n) is 6.35. The van der Waals surface area contributed by atoms with Crippen LogP contribution < -0.4 is 5.73 Å². The van der Waals surface area contributed by atoms with E-state index in [-0.39, 0.29) is 27.9 Å². The second kappa shape index (κ2) is 9.47. The monoisotopic (exact) mass is 552 g/mol. The van der Waals surface area contributed by atoms with Crippen molar-refractivity contribution in [2.75, 3.05) is 12.3 Å². The Labute approximate surface area is 218 Å². The Morgan fingerprint density at radius 3 is 2.42 bits per heavy atom. The molecule has 13 nitrogen and oxygen atoms in total. The van der Waals surface area contributed by atoms with Crippen molar-refractivity contribution in [3.05, 3.63) is 52.9 Å². The number of alkyl halides is 1. The smallest absolute Gasteiger partial charge is 0.348 e. The predicted octanol–water partition coefficient (Wildman–Crippen LogP) is 1.65. The molecule has 202 valence electrons. The van der Waals surface area contributed by atoms with E-state index in [0.29, 0.717) is 5.39 Å². The number of rotatable bonds is 9. The predicted molar refractivity (Wildman–Crippen MR) is 127 cm³/mol. The van der Waals surface area contributed by atoms with Gasteiger partial charge in [-0.15, -0.1) is 0 Å². The minimum absolute atomic E-state index is 0.0554. The van der Waals surface area contributed by atoms with E-state index >= 15 is 4.39 Å². The number of hydrogen-bond acceptors (Lipinski definition) is 9. The van der Waals surface area contributed by atoms with E-state index in [1.165, 1.54) is 48.0 Å². The number of carboxylic acids is 3. The Morgan fingerprint density at radius 1 is 1.21 bits per heavy atom. The average molecular weight is 553 g/mol. The summed E-state index contributed by atoms with van der Waals surface area (Å²) >= 11 is 5.90. The van der Waals surface area contributed by atoms with Crippen LogP contribution in [0.4, 0.5) is 10.2 Å². The molecule has 38 heavy (non-hydrogen) atoms. The lowest BCUT2D eigenvalue weighted by Crippen LogP contribution is -2.53. The van der Waals surface area contributed by atoms with Gasteiger partial charge in [-0.3, -0.25) is 0 Å². The van der Waals surface area contributed by atoms with Crippen LogP contribution in [-0.2, 0) is 31.2 Å². The summed E-state index contributed by atoms with van der Waals surface area (Å²) < 4.78 is 27.7. The van der Waals surface area contributed by atoms with Crippen molar-refractivity contribution in [3.63, 3.8) is 0 Å². The van der Waals surface area contributed by atoms with Crippen LogP contribution in [0.25, 0.3) is 11.0 Å². The molecule has 0 bridgehead atoms. The molecule has 0 saturated carbocycles. The summed E-state index contributed by atoms with van der Waals surface area (Å²) in [6, 6.07) is 6.34. The third-order valence-corrected chi connectivity index (χ3v) is 6.52. The number of aromatic carboxylic acids is 1. The van der Waals surface area contributed by atoms with Gasteiger partial charge >= 0.3 is 17.9 Å². The van der Waals surface area contributed by atoms with Crippen LogP contribution in [0.3, 0.4) is 0 Å². The number of benzene rings is 1. The number of aromatic nitrogens is 3. The highest BCUT2D eigenvalue weighted by molar-refractivity contribution is 6.28. The highest BCUT2D eigenvalue weighted by atomic mass is 35.5. The van der Waals surface area contributed by atoms with Crippen molar-refractivity contribution < 1.29 is 48.7 Å². The van der Waals surface area contributed by atoms with Gasteiger partial charge in [0.25, 0.3) is 5.60 Å². The van der Waals surface area contributed by atoms with Gasteiger partial charge in [0.2, 0.25) is 11.1 Å². The van der Waals surface area contributed by atoms with Crippen LogP contribution in [0.15, 0.2) is 36.5 Å². The Balaban J connectivity index is 1.60. The van der Waals surface area contributed by atoms with Gasteiger partial charge in [0, 0.05) is 12.6 Å². The number of carboxylic acid groups (broad SMARTS) is 3. The van der Waals surface area contributed by atoms with Gasteiger partial charge in [0.05, 0.1) is 24.0 Å². The molecule has 6 N–H and O–H groups in total. The van der Waals surface area contributed by atoms with E-state index in [4.69, 9.17) is 31.9 Å². The first-order valence-electron chi connectivity index (χ1n) is 11.0. The largest absolute Gasteiger partial charge is 0.479 e. The summed E-state index contributed by atoms with van der Waals surface area (Å²) in [5, 5.41) is 39.3. The molecule has 0 unspecified atom stereocenters. The third kappa shape index (κ3) is 4.74. The molecule has 1 saturated heterocycles. The van der Waals surface area contributed by atoms with Crippen LogP contribution in [0, 0.1) is 0 Å². The zero-order valence-corrected chi connectivity index (χ0v) is 20.4. The number of carbonyl (C=O) groups is 3. The number of nitrogen functional groups attached to an aromatic ring is 1. The van der Waals surface area contributed by atoms with Crippen molar-refractivity contribution in [2.45, 2.75) is 43.1 Å². The molecule has 1 aliphatic heterocycles. The minimum atomic E-state index is -3.07. The topological polar surface area (TPSA) is 207 Å². The highest BCUT2D eigenvalue weighted by Crippen LogP contribution is 2.44. The summed E-state index contributed by atoms with van der Waals surface area (Å²) in [6.45, 7) is 0.459. The summed E-state index contributed by atoms with van der Waals surface area (Å²) in [4.78, 5) is 43.2. The van der Waals surface area contributed by atoms with Crippen molar-refractivity contribution in [1.29, 1.82) is 0 Å². The van der Waals surface area contributed by atoms with Crippen LogP contribution in [0.5, 0.6) is 0 Å². The zero-order chi connectivity index (χ0) is 28.0. The molecule has 0 radical (unpaired) electrons. The van der Waals surface area contributed by atoms with Crippen molar-refractivity contribution in [2.24, 2.45) is 0 Å². The molecule has 0 amide bonds. The summed E-state index contributed by atoms with van der Waals surface area (Å²) in [6.07, 6.45) is -1.75. The van der Waals surface area contributed by atoms with Crippen molar-refractivity contribution in [1.82, 2.24) is 14.5 Å². The molecular formula is C23H22ClFN4O9. The van der Waals surface area contributed by atoms with Gasteiger partial charge in [0.1, 0.15) is 23.3 Å². The van der Waals surface area contributed by atoms with Crippen LogP contribution in [0.2, 0.25) is 5.28 Å². The van der Waals surface area contributed by atoms with E-state index in [1.807, 2.05) is 0 Å². The molecule has 1 aliphatic rings. The van der Waals surface area contributed by atoms with E-state index in [2.05, 4.69) is 9.97 Å². The van der Waals surface area contributed by atoms with Gasteiger partial charge in [-0.2, -0.15) is 4.98 Å². The van der Waals surface area contributed by atoms with E-state index in [1.54, 1.807) is 0 Å². The number of hydrogen-bond donors (Lipinski definition) is 5. The fourth-order valence-electron chi connectivity index (χ4n) is 4.40. The molecule has 3 aromatic rings. The van der Waals surface area contributed by atoms with Gasteiger partial charge < -0.3 is 40.2 Å². The van der Waals surface area contributed by atoms with Gasteiger partial charge in [0.15, 0.2) is 0 Å². The lowest BCUT2D eigenvalue weighted by atomic mass is 9.93. The quantitative estimate of drug-likeness (QED) is 0.190. The maximum atomic E-state index is 15.3. The fraction of sp³-hybridized carbons (Fsp3) is 0.348. The van der Waals surface area contributed by atoms with E-state index in [0.717, 1.165) is 0 Å². The number of nitrogens with two attached hydrogens (primary N) is 1. The summed E-state index contributed by atoms with van der Waals surface area (Å²) in [5.74, 6) is -8.03. The molecule has 4 rings (SSSR count). The lowest BCUT2D eigenvalue weighted by Gasteiger charge is -2.29. The molecule has 3 atom stereocenters. The van der Waals surface area contributed by atoms with Gasteiger partial charge in [-0.05, 0) is 42.3 Å². The van der Waals surface area contributed by atoms with Gasteiger partial charge in [-0.25, -0.2) is 23.8 Å². The van der Waals surface area contributed by atoms with Crippen molar-refractivity contribution in [3.8, 4) is 0 Å². The standard InChI is InChI=1S/C23H22ClFN4O9/c1-21(29-7-6-13-15(26)27-20(24)28-16(13)29)10-23(25,36)14(38-21)9-37-22(18(32)33,19(34)35)8-11-2-4-12(5-3-11)17(30)31/h2-7,14,36H,8-10H2,1H3,(H,30,31)(H,32,33)(H,34,35)(H2,26,27,28)/t14-,21-,23+/m1/s1. The molecule has 3 heterocycles. The van der Waals surface area contributed by atoms with E-state index < -0.39 is 60.6 Å². The molecule has 1 fully saturated rings. The van der Waals surface area contributed by atoms with Crippen LogP contribution in [-0.4, -0.2) is 77.0 Å². The normalized spacial score (nSPS) is 23.5. The maximum Gasteiger partial charge on any atom is 0.348 e. The van der Waals surface area contributed by atoms with E-state index in [9.17, 15) is 29.7 Å². The number of fused-ring (bicyclic) bond motifs is 1. The molecule has 2 aromatic heterocycles. The summed E-state index contributed by atoms with van der Waals surface area (Å²) in [7, 11) is 0. The number of ether oxygens (including phenoxy) is 2. The Bertz CT molecular complexity index is 1410. The number of anilines is 1. The van der Waals surface area contributed by atoms with Crippen LogP contribution >= 0.6 is 11.6 Å². The molecule has 0 aliphatic carbocycles. The number of halogens is 2. The Morgan fingerprint density at radius 2 is 1.84 bits per heavy atom.